The minimum absolute atomic E-state index is 0.0719. The fourth-order valence-corrected chi connectivity index (χ4v) is 2.80. The predicted molar refractivity (Wildman–Crippen MR) is 83.2 cm³/mol. The van der Waals surface area contributed by atoms with E-state index < -0.39 is 11.6 Å². The van der Waals surface area contributed by atoms with Crippen LogP contribution in [0, 0.1) is 13.8 Å². The minimum atomic E-state index is -0.569. The number of esters is 1. The summed E-state index contributed by atoms with van der Waals surface area (Å²) in [5, 5.41) is 3.67. The molecule has 0 aliphatic heterocycles. The SMILES string of the molecule is Cc1[nH]c(C(=O)OC(C)(C)C)c(C)c1C(=O)c1ccsc1. The summed E-state index contributed by atoms with van der Waals surface area (Å²) in [6.07, 6.45) is 0. The van der Waals surface area contributed by atoms with E-state index >= 15 is 0 Å². The Morgan fingerprint density at radius 2 is 1.90 bits per heavy atom. The highest BCUT2D eigenvalue weighted by Gasteiger charge is 2.26. The Kier molecular flexibility index (Phi) is 4.05. The number of aromatic amines is 1. The zero-order valence-corrected chi connectivity index (χ0v) is 13.7. The van der Waals surface area contributed by atoms with Gasteiger partial charge in [-0.25, -0.2) is 4.79 Å². The highest BCUT2D eigenvalue weighted by atomic mass is 32.1. The van der Waals surface area contributed by atoms with Gasteiger partial charge in [0, 0.05) is 22.2 Å². The molecular formula is C16H19NO3S. The molecule has 2 aromatic rings. The second-order valence-electron chi connectivity index (χ2n) is 5.97. The van der Waals surface area contributed by atoms with Crippen LogP contribution in [0.1, 0.15) is 58.4 Å². The molecule has 112 valence electrons. The predicted octanol–water partition coefficient (Wildman–Crippen LogP) is 3.88. The van der Waals surface area contributed by atoms with Crippen molar-refractivity contribution in [1.82, 2.24) is 4.98 Å². The summed E-state index contributed by atoms with van der Waals surface area (Å²) in [6, 6.07) is 1.78. The van der Waals surface area contributed by atoms with Crippen molar-refractivity contribution in [2.75, 3.05) is 0 Å². The zero-order valence-electron chi connectivity index (χ0n) is 12.9. The maximum atomic E-state index is 12.5. The number of aryl methyl sites for hydroxylation is 1. The Morgan fingerprint density at radius 3 is 2.43 bits per heavy atom. The van der Waals surface area contributed by atoms with Gasteiger partial charge in [0.05, 0.1) is 0 Å². The number of carbonyl (C=O) groups excluding carboxylic acids is 2. The number of hydrogen-bond acceptors (Lipinski definition) is 4. The van der Waals surface area contributed by atoms with Crippen molar-refractivity contribution in [2.24, 2.45) is 0 Å². The lowest BCUT2D eigenvalue weighted by Crippen LogP contribution is -2.24. The summed E-state index contributed by atoms with van der Waals surface area (Å²) in [5.41, 5.74) is 2.29. The smallest absolute Gasteiger partial charge is 0.355 e. The lowest BCUT2D eigenvalue weighted by atomic mass is 10.0. The van der Waals surface area contributed by atoms with E-state index in [1.165, 1.54) is 11.3 Å². The van der Waals surface area contributed by atoms with Crippen LogP contribution in [0.4, 0.5) is 0 Å². The highest BCUT2D eigenvalue weighted by Crippen LogP contribution is 2.24. The van der Waals surface area contributed by atoms with Crippen molar-refractivity contribution in [3.63, 3.8) is 0 Å². The van der Waals surface area contributed by atoms with Crippen molar-refractivity contribution in [2.45, 2.75) is 40.2 Å². The van der Waals surface area contributed by atoms with Crippen molar-refractivity contribution in [3.8, 4) is 0 Å². The molecule has 5 heteroatoms. The molecule has 1 N–H and O–H groups in total. The summed E-state index contributed by atoms with van der Waals surface area (Å²) in [6.45, 7) is 9.00. The maximum absolute atomic E-state index is 12.5. The van der Waals surface area contributed by atoms with Gasteiger partial charge in [0.1, 0.15) is 11.3 Å². The zero-order chi connectivity index (χ0) is 15.8. The molecule has 0 atom stereocenters. The van der Waals surface area contributed by atoms with Gasteiger partial charge in [0.15, 0.2) is 5.78 Å². The van der Waals surface area contributed by atoms with Crippen LogP contribution in [0.5, 0.6) is 0 Å². The summed E-state index contributed by atoms with van der Waals surface area (Å²) < 4.78 is 5.36. The molecule has 0 aliphatic carbocycles. The Morgan fingerprint density at radius 1 is 1.24 bits per heavy atom. The molecule has 2 rings (SSSR count). The van der Waals surface area contributed by atoms with Crippen molar-refractivity contribution in [3.05, 3.63) is 44.9 Å². The van der Waals surface area contributed by atoms with E-state index in [4.69, 9.17) is 4.74 Å². The van der Waals surface area contributed by atoms with Crippen LogP contribution in [0.3, 0.4) is 0 Å². The number of H-pyrrole nitrogens is 1. The molecule has 0 saturated heterocycles. The second-order valence-corrected chi connectivity index (χ2v) is 6.75. The average Bonchev–Trinajstić information content (AvgIpc) is 2.95. The normalized spacial score (nSPS) is 11.5. The molecule has 0 spiro atoms. The summed E-state index contributed by atoms with van der Waals surface area (Å²) in [5.74, 6) is -0.509. The van der Waals surface area contributed by atoms with Gasteiger partial charge in [-0.3, -0.25) is 4.79 Å². The Hall–Kier alpha value is -1.88. The molecule has 0 aromatic carbocycles. The Balaban J connectivity index is 2.39. The van der Waals surface area contributed by atoms with E-state index in [2.05, 4.69) is 4.98 Å². The number of ether oxygens (including phenoxy) is 1. The van der Waals surface area contributed by atoms with Gasteiger partial charge in [-0.15, -0.1) is 0 Å². The van der Waals surface area contributed by atoms with Crippen LogP contribution in [0.15, 0.2) is 16.8 Å². The lowest BCUT2D eigenvalue weighted by Gasteiger charge is -2.19. The van der Waals surface area contributed by atoms with Gasteiger partial charge in [0.2, 0.25) is 0 Å². The lowest BCUT2D eigenvalue weighted by molar-refractivity contribution is 0.00626. The molecule has 2 heterocycles. The first-order valence-electron chi connectivity index (χ1n) is 6.70. The molecule has 0 saturated carbocycles. The monoisotopic (exact) mass is 305 g/mol. The van der Waals surface area contributed by atoms with Crippen LogP contribution in [0.2, 0.25) is 0 Å². The standard InChI is InChI=1S/C16H19NO3S/c1-9-12(14(18)11-6-7-21-8-11)10(2)17-13(9)15(19)20-16(3,4)5/h6-8,17H,1-5H3. The van der Waals surface area contributed by atoms with Crippen LogP contribution in [-0.2, 0) is 4.74 Å². The van der Waals surface area contributed by atoms with Crippen molar-refractivity contribution < 1.29 is 14.3 Å². The summed E-state index contributed by atoms with van der Waals surface area (Å²) in [4.78, 5) is 27.7. The average molecular weight is 305 g/mol. The number of hydrogen-bond donors (Lipinski definition) is 1. The van der Waals surface area contributed by atoms with E-state index in [0.717, 1.165) is 0 Å². The molecule has 0 amide bonds. The fourth-order valence-electron chi connectivity index (χ4n) is 2.16. The molecule has 0 fully saturated rings. The Bertz CT molecular complexity index is 675. The minimum Gasteiger partial charge on any atom is -0.455 e. The highest BCUT2D eigenvalue weighted by molar-refractivity contribution is 7.08. The van der Waals surface area contributed by atoms with E-state index in [0.29, 0.717) is 28.1 Å². The third-order valence-electron chi connectivity index (χ3n) is 3.05. The molecule has 4 nitrogen and oxygen atoms in total. The second kappa shape index (κ2) is 5.48. The summed E-state index contributed by atoms with van der Waals surface area (Å²) in [7, 11) is 0. The molecule has 0 aliphatic rings. The number of carbonyl (C=O) groups is 2. The number of nitrogens with one attached hydrogen (secondary N) is 1. The van der Waals surface area contributed by atoms with Gasteiger partial charge in [0.25, 0.3) is 0 Å². The molecule has 21 heavy (non-hydrogen) atoms. The van der Waals surface area contributed by atoms with Crippen molar-refractivity contribution >= 4 is 23.1 Å². The van der Waals surface area contributed by atoms with Gasteiger partial charge in [-0.05, 0) is 51.6 Å². The van der Waals surface area contributed by atoms with E-state index in [-0.39, 0.29) is 5.78 Å². The summed E-state index contributed by atoms with van der Waals surface area (Å²) >= 11 is 1.47. The molecular weight excluding hydrogens is 286 g/mol. The van der Waals surface area contributed by atoms with E-state index in [9.17, 15) is 9.59 Å². The molecule has 0 radical (unpaired) electrons. The first kappa shape index (κ1) is 15.5. The van der Waals surface area contributed by atoms with Gasteiger partial charge in [-0.2, -0.15) is 11.3 Å². The largest absolute Gasteiger partial charge is 0.455 e. The van der Waals surface area contributed by atoms with E-state index in [1.54, 1.807) is 25.3 Å². The van der Waals surface area contributed by atoms with Crippen LogP contribution in [0.25, 0.3) is 0 Å². The van der Waals surface area contributed by atoms with Gasteiger partial charge < -0.3 is 9.72 Å². The van der Waals surface area contributed by atoms with Crippen LogP contribution >= 0.6 is 11.3 Å². The number of thiophene rings is 1. The third-order valence-corrected chi connectivity index (χ3v) is 3.73. The van der Waals surface area contributed by atoms with Crippen LogP contribution in [-0.4, -0.2) is 22.3 Å². The molecule has 2 aromatic heterocycles. The molecule has 0 unspecified atom stereocenters. The fraction of sp³-hybridized carbons (Fsp3) is 0.375. The van der Waals surface area contributed by atoms with Crippen LogP contribution < -0.4 is 0 Å². The van der Waals surface area contributed by atoms with Gasteiger partial charge in [-0.1, -0.05) is 0 Å². The Labute approximate surface area is 128 Å². The maximum Gasteiger partial charge on any atom is 0.355 e. The molecule has 0 bridgehead atoms. The first-order chi connectivity index (χ1) is 9.70. The van der Waals surface area contributed by atoms with Gasteiger partial charge >= 0.3 is 5.97 Å². The van der Waals surface area contributed by atoms with Crippen molar-refractivity contribution in [1.29, 1.82) is 0 Å². The number of rotatable bonds is 3. The number of ketones is 1. The first-order valence-corrected chi connectivity index (χ1v) is 7.64. The third kappa shape index (κ3) is 3.24. The van der Waals surface area contributed by atoms with E-state index in [1.807, 2.05) is 26.2 Å². The quantitative estimate of drug-likeness (QED) is 0.691. The number of aromatic nitrogens is 1. The topological polar surface area (TPSA) is 59.2 Å².